The van der Waals surface area contributed by atoms with Gasteiger partial charge in [-0.1, -0.05) is 42.5 Å². The number of rotatable bonds is 12. The molecular weight excluding hydrogens is 536 g/mol. The Bertz CT molecular complexity index is 1330. The molecule has 0 saturated carbocycles. The summed E-state index contributed by atoms with van der Waals surface area (Å²) in [7, 11) is 1.59. The van der Waals surface area contributed by atoms with Crippen molar-refractivity contribution in [3.8, 4) is 5.75 Å². The normalized spacial score (nSPS) is 15.0. The molecule has 0 radical (unpaired) electrons. The number of nitrogens with one attached hydrogen (secondary N) is 2. The molecule has 1 unspecified atom stereocenters. The highest BCUT2D eigenvalue weighted by Gasteiger charge is 2.31. The third kappa shape index (κ3) is 8.17. The maximum atomic E-state index is 13.7. The summed E-state index contributed by atoms with van der Waals surface area (Å²) < 4.78 is 12.8. The highest BCUT2D eigenvalue weighted by Crippen LogP contribution is 2.26. The lowest BCUT2D eigenvalue weighted by atomic mass is 10.0. The zero-order chi connectivity index (χ0) is 30.1. The minimum Gasteiger partial charge on any atom is -0.497 e. The fraction of sp³-hybridized carbons (Fsp3) is 0.419. The molecule has 1 aromatic heterocycles. The number of nitrogens with zero attached hydrogens (tertiary/aromatic N) is 3. The van der Waals surface area contributed by atoms with Gasteiger partial charge in [0.05, 0.1) is 32.2 Å². The van der Waals surface area contributed by atoms with Gasteiger partial charge in [0.25, 0.3) is 5.91 Å². The van der Waals surface area contributed by atoms with E-state index in [2.05, 4.69) is 15.6 Å². The number of imidazole rings is 1. The molecular formula is C31H40N6O5. The van der Waals surface area contributed by atoms with E-state index in [-0.39, 0.29) is 24.9 Å². The van der Waals surface area contributed by atoms with E-state index in [4.69, 9.17) is 15.2 Å². The van der Waals surface area contributed by atoms with E-state index in [1.807, 2.05) is 59.5 Å². The fourth-order valence-corrected chi connectivity index (χ4v) is 4.67. The molecule has 3 aromatic rings. The lowest BCUT2D eigenvalue weighted by molar-refractivity contribution is -0.134. The molecule has 4 N–H and O–H groups in total. The Kier molecular flexibility index (Phi) is 10.3. The maximum absolute atomic E-state index is 13.7. The van der Waals surface area contributed by atoms with Gasteiger partial charge in [0.15, 0.2) is 5.82 Å². The first kappa shape index (κ1) is 30.7. The molecule has 42 heavy (non-hydrogen) atoms. The van der Waals surface area contributed by atoms with Gasteiger partial charge in [-0.2, -0.15) is 0 Å². The first-order chi connectivity index (χ1) is 20.2. The molecule has 3 amide bonds. The number of anilines is 1. The molecule has 11 nitrogen and oxygen atoms in total. The lowest BCUT2D eigenvalue weighted by Gasteiger charge is -2.31. The number of piperidine rings is 1. The zero-order valence-corrected chi connectivity index (χ0v) is 24.4. The first-order valence-electron chi connectivity index (χ1n) is 14.1. The van der Waals surface area contributed by atoms with E-state index in [9.17, 15) is 14.4 Å². The Morgan fingerprint density at radius 1 is 1.02 bits per heavy atom. The molecule has 1 aliphatic heterocycles. The molecule has 2 atom stereocenters. The molecule has 1 aliphatic rings. The maximum Gasteiger partial charge on any atom is 0.250 e. The number of carbonyl (C=O) groups is 3. The summed E-state index contributed by atoms with van der Waals surface area (Å²) in [6.07, 6.45) is 6.17. The number of amides is 3. The van der Waals surface area contributed by atoms with Gasteiger partial charge in [0, 0.05) is 19.3 Å². The van der Waals surface area contributed by atoms with E-state index >= 15 is 0 Å². The summed E-state index contributed by atoms with van der Waals surface area (Å²) in [5.41, 5.74) is 6.46. The molecule has 4 rings (SSSR count). The fourth-order valence-electron chi connectivity index (χ4n) is 4.67. The molecule has 1 fully saturated rings. The van der Waals surface area contributed by atoms with Gasteiger partial charge in [-0.3, -0.25) is 14.4 Å². The van der Waals surface area contributed by atoms with Crippen molar-refractivity contribution in [2.45, 2.75) is 57.3 Å². The topological polar surface area (TPSA) is 141 Å². The van der Waals surface area contributed by atoms with Crippen LogP contribution in [0.4, 0.5) is 5.82 Å². The second-order valence-corrected chi connectivity index (χ2v) is 11.0. The van der Waals surface area contributed by atoms with Gasteiger partial charge in [0.1, 0.15) is 17.8 Å². The summed E-state index contributed by atoms with van der Waals surface area (Å²) in [4.78, 5) is 45.9. The third-order valence-electron chi connectivity index (χ3n) is 7.09. The molecule has 224 valence electrons. The van der Waals surface area contributed by atoms with Gasteiger partial charge in [-0.25, -0.2) is 4.98 Å². The molecule has 11 heteroatoms. The lowest BCUT2D eigenvalue weighted by Crippen LogP contribution is -2.56. The Labute approximate surface area is 246 Å². The number of hydrogen-bond acceptors (Lipinski definition) is 7. The molecule has 0 aliphatic carbocycles. The second-order valence-electron chi connectivity index (χ2n) is 11.0. The van der Waals surface area contributed by atoms with E-state index in [0.717, 1.165) is 30.4 Å². The zero-order valence-electron chi connectivity index (χ0n) is 24.4. The summed E-state index contributed by atoms with van der Waals surface area (Å²) >= 11 is 0. The van der Waals surface area contributed by atoms with Crippen LogP contribution in [0, 0.1) is 0 Å². The number of benzene rings is 2. The first-order valence-corrected chi connectivity index (χ1v) is 14.1. The van der Waals surface area contributed by atoms with Crippen molar-refractivity contribution in [3.63, 3.8) is 0 Å². The van der Waals surface area contributed by atoms with Crippen molar-refractivity contribution in [1.29, 1.82) is 0 Å². The van der Waals surface area contributed by atoms with Crippen molar-refractivity contribution >= 4 is 23.5 Å². The van der Waals surface area contributed by atoms with Crippen LogP contribution < -0.4 is 21.1 Å². The van der Waals surface area contributed by atoms with Gasteiger partial charge < -0.3 is 35.3 Å². The standard InChI is InChI=1S/C31H40N6O5/c1-31(2,32)30(40)34-25(20-42-19-22-10-6-4-7-11-22)28(38)35-26-18-37(21-33-26)27(23-12-14-24(41-3)15-13-23)29(39)36-16-8-5-9-17-36/h4,6-7,10-15,18,21,25,27H,5,8-9,16-17,19-20,32H2,1-3H3,(H,34,40)(H,35,38)/t25-,27?/m1/s1. The predicted molar refractivity (Wildman–Crippen MR) is 159 cm³/mol. The van der Waals surface area contributed by atoms with E-state index in [0.29, 0.717) is 18.8 Å². The van der Waals surface area contributed by atoms with Crippen LogP contribution in [-0.2, 0) is 25.7 Å². The highest BCUT2D eigenvalue weighted by molar-refractivity contribution is 5.98. The van der Waals surface area contributed by atoms with E-state index in [1.165, 1.54) is 6.33 Å². The van der Waals surface area contributed by atoms with Gasteiger partial charge in [0.2, 0.25) is 11.8 Å². The summed E-state index contributed by atoms with van der Waals surface area (Å²) in [6, 6.07) is 15.2. The highest BCUT2D eigenvalue weighted by atomic mass is 16.5. The average Bonchev–Trinajstić information content (AvgIpc) is 3.45. The van der Waals surface area contributed by atoms with Crippen LogP contribution in [-0.4, -0.2) is 70.6 Å². The number of aromatic nitrogens is 2. The SMILES string of the molecule is COc1ccc(C(C(=O)N2CCCCC2)n2cnc(NC(=O)[C@@H](COCc3ccccc3)NC(=O)C(C)(C)N)c2)cc1. The Hall–Kier alpha value is -4.22. The van der Waals surface area contributed by atoms with Crippen molar-refractivity contribution in [3.05, 3.63) is 78.2 Å². The molecule has 2 heterocycles. The number of methoxy groups -OCH3 is 1. The predicted octanol–water partition coefficient (Wildman–Crippen LogP) is 2.87. The Balaban J connectivity index is 1.51. The minimum absolute atomic E-state index is 0.0419. The summed E-state index contributed by atoms with van der Waals surface area (Å²) in [6.45, 7) is 4.70. The number of carbonyl (C=O) groups excluding carboxylic acids is 3. The van der Waals surface area contributed by atoms with Gasteiger partial charge in [-0.05, 0) is 56.4 Å². The average molecular weight is 577 g/mol. The smallest absolute Gasteiger partial charge is 0.250 e. The largest absolute Gasteiger partial charge is 0.497 e. The van der Waals surface area contributed by atoms with Crippen molar-refractivity contribution < 1.29 is 23.9 Å². The van der Waals surface area contributed by atoms with Crippen LogP contribution in [0.3, 0.4) is 0 Å². The Morgan fingerprint density at radius 3 is 2.36 bits per heavy atom. The third-order valence-corrected chi connectivity index (χ3v) is 7.09. The second kappa shape index (κ2) is 14.1. The number of nitrogens with two attached hydrogens (primary N) is 1. The van der Waals surface area contributed by atoms with Crippen molar-refractivity contribution in [2.75, 3.05) is 32.1 Å². The van der Waals surface area contributed by atoms with Crippen molar-refractivity contribution in [2.24, 2.45) is 5.73 Å². The van der Waals surface area contributed by atoms with Crippen molar-refractivity contribution in [1.82, 2.24) is 19.8 Å². The van der Waals surface area contributed by atoms with Gasteiger partial charge in [-0.15, -0.1) is 0 Å². The van der Waals surface area contributed by atoms with E-state index < -0.39 is 29.4 Å². The van der Waals surface area contributed by atoms with Crippen LogP contribution in [0.25, 0.3) is 0 Å². The van der Waals surface area contributed by atoms with Crippen LogP contribution in [0.5, 0.6) is 5.75 Å². The molecule has 0 bridgehead atoms. The van der Waals surface area contributed by atoms with Crippen LogP contribution >= 0.6 is 0 Å². The number of ether oxygens (including phenoxy) is 2. The summed E-state index contributed by atoms with van der Waals surface area (Å²) in [5, 5.41) is 5.44. The van der Waals surface area contributed by atoms with E-state index in [1.54, 1.807) is 31.7 Å². The molecule has 0 spiro atoms. The monoisotopic (exact) mass is 576 g/mol. The van der Waals surface area contributed by atoms with Crippen LogP contribution in [0.1, 0.15) is 50.3 Å². The quantitative estimate of drug-likeness (QED) is 0.301. The van der Waals surface area contributed by atoms with Crippen LogP contribution in [0.15, 0.2) is 67.1 Å². The molecule has 1 saturated heterocycles. The number of likely N-dealkylation sites (tertiary alicyclic amines) is 1. The number of hydrogen-bond donors (Lipinski definition) is 3. The van der Waals surface area contributed by atoms with Gasteiger partial charge >= 0.3 is 0 Å². The van der Waals surface area contributed by atoms with Crippen LogP contribution in [0.2, 0.25) is 0 Å². The Morgan fingerprint density at radius 2 is 1.71 bits per heavy atom. The minimum atomic E-state index is -1.19. The molecule has 2 aromatic carbocycles. The summed E-state index contributed by atoms with van der Waals surface area (Å²) in [5.74, 6) is -0.138.